The number of amides is 2. The van der Waals surface area contributed by atoms with Crippen molar-refractivity contribution in [2.75, 3.05) is 31.6 Å². The zero-order valence-electron chi connectivity index (χ0n) is 20.4. The first-order valence-electron chi connectivity index (χ1n) is 11.8. The number of hydrogen-bond donors (Lipinski definition) is 2. The molecule has 9 heteroatoms. The van der Waals surface area contributed by atoms with Gasteiger partial charge in [-0.15, -0.1) is 0 Å². The van der Waals surface area contributed by atoms with E-state index >= 15 is 0 Å². The van der Waals surface area contributed by atoms with E-state index in [1.165, 1.54) is 6.07 Å². The molecule has 0 radical (unpaired) electrons. The minimum Gasteiger partial charge on any atom is -0.492 e. The number of ether oxygens (including phenoxy) is 2. The maximum Gasteiger partial charge on any atom is 0.333 e. The molecule has 35 heavy (non-hydrogen) atoms. The average Bonchev–Trinajstić information content (AvgIpc) is 2.83. The summed E-state index contributed by atoms with van der Waals surface area (Å²) in [5.74, 6) is -1.73. The third kappa shape index (κ3) is 9.16. The van der Waals surface area contributed by atoms with E-state index in [1.807, 2.05) is 13.8 Å². The fraction of sp³-hybridized carbons (Fsp3) is 0.462. The standard InChI is InChI=1S/C26H34F2N2O5/c1-4-18(5-2)17-30(26(33)29-23-12-9-20(27)16-22(23)28)13-14-35-21-10-7-19(8-11-21)15-24(25(31)32)34-6-3/h7-12,16,18,24H,4-6,13-15,17H2,1-3H3,(H,29,33)(H,31,32). The predicted octanol–water partition coefficient (Wildman–Crippen LogP) is 5.35. The minimum atomic E-state index is -1.01. The van der Waals surface area contributed by atoms with E-state index in [2.05, 4.69) is 5.32 Å². The van der Waals surface area contributed by atoms with Crippen molar-refractivity contribution < 1.29 is 33.0 Å². The van der Waals surface area contributed by atoms with Gasteiger partial charge in [0.05, 0.1) is 12.2 Å². The molecular weight excluding hydrogens is 458 g/mol. The third-order valence-corrected chi connectivity index (χ3v) is 5.71. The molecule has 2 rings (SSSR count). The fourth-order valence-electron chi connectivity index (χ4n) is 3.55. The Morgan fingerprint density at radius 3 is 2.31 bits per heavy atom. The Hall–Kier alpha value is -3.20. The van der Waals surface area contributed by atoms with Gasteiger partial charge in [0.1, 0.15) is 24.0 Å². The van der Waals surface area contributed by atoms with Crippen molar-refractivity contribution in [3.8, 4) is 5.75 Å². The number of rotatable bonds is 14. The molecule has 2 aromatic carbocycles. The third-order valence-electron chi connectivity index (χ3n) is 5.71. The van der Waals surface area contributed by atoms with E-state index in [0.29, 0.717) is 18.9 Å². The highest BCUT2D eigenvalue weighted by Gasteiger charge is 2.20. The molecule has 2 N–H and O–H groups in total. The molecule has 2 aromatic rings. The Balaban J connectivity index is 1.98. The van der Waals surface area contributed by atoms with Crippen LogP contribution in [0.1, 0.15) is 39.2 Å². The van der Waals surface area contributed by atoms with Crippen molar-refractivity contribution in [3.05, 3.63) is 59.7 Å². The van der Waals surface area contributed by atoms with E-state index < -0.39 is 29.7 Å². The largest absolute Gasteiger partial charge is 0.492 e. The minimum absolute atomic E-state index is 0.0887. The molecule has 1 unspecified atom stereocenters. The number of carboxylic acids is 1. The molecule has 0 saturated carbocycles. The first-order chi connectivity index (χ1) is 16.8. The van der Waals surface area contributed by atoms with Crippen LogP contribution in [0, 0.1) is 17.6 Å². The van der Waals surface area contributed by atoms with Gasteiger partial charge in [0.2, 0.25) is 0 Å². The van der Waals surface area contributed by atoms with Crippen LogP contribution in [0.25, 0.3) is 0 Å². The van der Waals surface area contributed by atoms with Gasteiger partial charge < -0.3 is 24.8 Å². The summed E-state index contributed by atoms with van der Waals surface area (Å²) in [6.07, 6.45) is 1.10. The summed E-state index contributed by atoms with van der Waals surface area (Å²) < 4.78 is 38.2. The normalized spacial score (nSPS) is 11.8. The van der Waals surface area contributed by atoms with Crippen LogP contribution >= 0.6 is 0 Å². The van der Waals surface area contributed by atoms with Gasteiger partial charge in [0, 0.05) is 25.6 Å². The number of halogens is 2. The van der Waals surface area contributed by atoms with E-state index in [0.717, 1.165) is 30.5 Å². The average molecular weight is 493 g/mol. The molecule has 0 saturated heterocycles. The van der Waals surface area contributed by atoms with Crippen LogP contribution in [0.5, 0.6) is 5.75 Å². The smallest absolute Gasteiger partial charge is 0.333 e. The van der Waals surface area contributed by atoms with Gasteiger partial charge in [0.15, 0.2) is 6.10 Å². The summed E-state index contributed by atoms with van der Waals surface area (Å²) in [5.41, 5.74) is 0.712. The zero-order chi connectivity index (χ0) is 25.8. The van der Waals surface area contributed by atoms with Gasteiger partial charge in [-0.3, -0.25) is 0 Å². The highest BCUT2D eigenvalue weighted by atomic mass is 19.1. The van der Waals surface area contributed by atoms with Crippen LogP contribution in [0.3, 0.4) is 0 Å². The quantitative estimate of drug-likeness (QED) is 0.371. The summed E-state index contributed by atoms with van der Waals surface area (Å²) in [7, 11) is 0. The molecule has 192 valence electrons. The summed E-state index contributed by atoms with van der Waals surface area (Å²) in [6, 6.07) is 9.53. The molecule has 0 aliphatic carbocycles. The van der Waals surface area contributed by atoms with Crippen LogP contribution in [0.2, 0.25) is 0 Å². The van der Waals surface area contributed by atoms with Gasteiger partial charge in [-0.25, -0.2) is 18.4 Å². The molecule has 1 atom stereocenters. The highest BCUT2D eigenvalue weighted by Crippen LogP contribution is 2.18. The number of carbonyl (C=O) groups excluding carboxylic acids is 1. The number of nitrogens with zero attached hydrogens (tertiary/aromatic N) is 1. The molecule has 0 aromatic heterocycles. The number of carboxylic acid groups (broad SMARTS) is 1. The summed E-state index contributed by atoms with van der Waals surface area (Å²) >= 11 is 0. The maximum absolute atomic E-state index is 14.0. The molecule has 2 amide bonds. The molecule has 0 spiro atoms. The Labute approximate surface area is 205 Å². The van der Waals surface area contributed by atoms with Gasteiger partial charge in [0.25, 0.3) is 0 Å². The fourth-order valence-corrected chi connectivity index (χ4v) is 3.55. The van der Waals surface area contributed by atoms with E-state index in [9.17, 15) is 23.5 Å². The van der Waals surface area contributed by atoms with Crippen LogP contribution < -0.4 is 10.1 Å². The van der Waals surface area contributed by atoms with Gasteiger partial charge in [-0.2, -0.15) is 0 Å². The van der Waals surface area contributed by atoms with Gasteiger partial charge in [-0.05, 0) is 42.7 Å². The Kier molecular flexibility index (Phi) is 11.4. The van der Waals surface area contributed by atoms with E-state index in [4.69, 9.17) is 9.47 Å². The number of benzene rings is 2. The number of carbonyl (C=O) groups is 2. The molecule has 0 fully saturated rings. The second kappa shape index (κ2) is 14.3. The second-order valence-corrected chi connectivity index (χ2v) is 8.16. The zero-order valence-corrected chi connectivity index (χ0v) is 20.4. The van der Waals surface area contributed by atoms with Crippen molar-refractivity contribution in [2.24, 2.45) is 5.92 Å². The topological polar surface area (TPSA) is 88.1 Å². The summed E-state index contributed by atoms with van der Waals surface area (Å²) in [6.45, 7) is 7.08. The molecular formula is C26H34F2N2O5. The van der Waals surface area contributed by atoms with Crippen molar-refractivity contribution in [2.45, 2.75) is 46.1 Å². The highest BCUT2D eigenvalue weighted by molar-refractivity contribution is 5.89. The lowest BCUT2D eigenvalue weighted by Crippen LogP contribution is -2.41. The number of urea groups is 1. The number of aliphatic carboxylic acids is 1. The van der Waals surface area contributed by atoms with Crippen molar-refractivity contribution in [3.63, 3.8) is 0 Å². The lowest BCUT2D eigenvalue weighted by Gasteiger charge is -2.27. The number of hydrogen-bond acceptors (Lipinski definition) is 4. The number of anilines is 1. The molecule has 0 heterocycles. The monoisotopic (exact) mass is 492 g/mol. The van der Waals surface area contributed by atoms with Gasteiger partial charge in [-0.1, -0.05) is 38.8 Å². The van der Waals surface area contributed by atoms with Crippen molar-refractivity contribution >= 4 is 17.7 Å². The predicted molar refractivity (Wildman–Crippen MR) is 130 cm³/mol. The maximum atomic E-state index is 14.0. The SMILES string of the molecule is CCOC(Cc1ccc(OCCN(CC(CC)CC)C(=O)Nc2ccc(F)cc2F)cc1)C(=O)O. The Morgan fingerprint density at radius 1 is 1.06 bits per heavy atom. The Bertz CT molecular complexity index is 951. The molecule has 0 bridgehead atoms. The van der Waals surface area contributed by atoms with Crippen LogP contribution in [0.4, 0.5) is 19.3 Å². The Morgan fingerprint density at radius 2 is 1.74 bits per heavy atom. The van der Waals surface area contributed by atoms with Crippen LogP contribution in [-0.4, -0.2) is 54.4 Å². The van der Waals surface area contributed by atoms with E-state index in [-0.39, 0.29) is 31.2 Å². The molecule has 0 aliphatic rings. The molecule has 7 nitrogen and oxygen atoms in total. The lowest BCUT2D eigenvalue weighted by molar-refractivity contribution is -0.149. The van der Waals surface area contributed by atoms with Crippen LogP contribution in [-0.2, 0) is 16.0 Å². The first-order valence-corrected chi connectivity index (χ1v) is 11.8. The lowest BCUT2D eigenvalue weighted by atomic mass is 10.0. The van der Waals surface area contributed by atoms with Crippen molar-refractivity contribution in [1.29, 1.82) is 0 Å². The molecule has 0 aliphatic heterocycles. The van der Waals surface area contributed by atoms with Gasteiger partial charge >= 0.3 is 12.0 Å². The van der Waals surface area contributed by atoms with Crippen molar-refractivity contribution in [1.82, 2.24) is 4.90 Å². The summed E-state index contributed by atoms with van der Waals surface area (Å²) in [4.78, 5) is 25.7. The summed E-state index contributed by atoms with van der Waals surface area (Å²) in [5, 5.41) is 11.7. The second-order valence-electron chi connectivity index (χ2n) is 8.16. The first kappa shape index (κ1) is 28.0. The number of nitrogens with one attached hydrogen (secondary N) is 1. The van der Waals surface area contributed by atoms with E-state index in [1.54, 1.807) is 36.1 Å². The van der Waals surface area contributed by atoms with Crippen LogP contribution in [0.15, 0.2) is 42.5 Å².